The van der Waals surface area contributed by atoms with Gasteiger partial charge in [0.15, 0.2) is 17.3 Å². The molecule has 1 aromatic heterocycles. The van der Waals surface area contributed by atoms with Gasteiger partial charge in [0.2, 0.25) is 0 Å². The van der Waals surface area contributed by atoms with Crippen molar-refractivity contribution in [2.75, 3.05) is 6.61 Å². The van der Waals surface area contributed by atoms with E-state index in [9.17, 15) is 9.18 Å². The number of aromatic amines is 1. The molecule has 0 unspecified atom stereocenters. The highest BCUT2D eigenvalue weighted by Gasteiger charge is 2.21. The Balaban J connectivity index is 1.88. The zero-order chi connectivity index (χ0) is 17.6. The lowest BCUT2D eigenvalue weighted by Crippen LogP contribution is -2.08. The smallest absolute Gasteiger partial charge is 0.361 e. The Bertz CT molecular complexity index is 879. The van der Waals surface area contributed by atoms with Crippen LogP contribution in [0.3, 0.4) is 0 Å². The van der Waals surface area contributed by atoms with Gasteiger partial charge in [-0.1, -0.05) is 36.4 Å². The molecular weight excluding hydrogens is 325 g/mol. The van der Waals surface area contributed by atoms with Crippen LogP contribution in [0.2, 0.25) is 0 Å². The second-order valence-electron chi connectivity index (χ2n) is 5.12. The number of H-pyrrole nitrogens is 1. The molecule has 0 saturated carbocycles. The summed E-state index contributed by atoms with van der Waals surface area (Å²) in [5.74, 6) is -0.840. The maximum absolute atomic E-state index is 13.7. The number of esters is 1. The Morgan fingerprint density at radius 2 is 1.88 bits per heavy atom. The molecule has 0 aliphatic rings. The molecule has 25 heavy (non-hydrogen) atoms. The number of carbonyl (C=O) groups is 1. The van der Waals surface area contributed by atoms with E-state index in [4.69, 9.17) is 9.47 Å². The molecule has 0 aliphatic carbocycles. The number of aromatic nitrogens is 3. The number of hydrogen-bond acceptors (Lipinski definition) is 5. The molecule has 128 valence electrons. The van der Waals surface area contributed by atoms with Crippen LogP contribution in [-0.4, -0.2) is 28.0 Å². The molecule has 0 fully saturated rings. The van der Waals surface area contributed by atoms with Crippen molar-refractivity contribution < 1.29 is 18.7 Å². The fourth-order valence-electron chi connectivity index (χ4n) is 2.35. The van der Waals surface area contributed by atoms with Gasteiger partial charge in [-0.15, -0.1) is 5.10 Å². The summed E-state index contributed by atoms with van der Waals surface area (Å²) in [5, 5.41) is 10.4. The molecule has 2 aromatic carbocycles. The second kappa shape index (κ2) is 7.57. The zero-order valence-electron chi connectivity index (χ0n) is 13.5. The molecule has 0 aliphatic heterocycles. The summed E-state index contributed by atoms with van der Waals surface area (Å²) >= 11 is 0. The van der Waals surface area contributed by atoms with Gasteiger partial charge < -0.3 is 9.47 Å². The van der Waals surface area contributed by atoms with Gasteiger partial charge in [0.05, 0.1) is 6.61 Å². The first-order valence-corrected chi connectivity index (χ1v) is 7.74. The van der Waals surface area contributed by atoms with E-state index in [1.54, 1.807) is 31.2 Å². The van der Waals surface area contributed by atoms with E-state index in [-0.39, 0.29) is 24.7 Å². The van der Waals surface area contributed by atoms with E-state index in [0.29, 0.717) is 11.3 Å². The molecule has 7 heteroatoms. The van der Waals surface area contributed by atoms with Crippen LogP contribution in [0.1, 0.15) is 23.0 Å². The lowest BCUT2D eigenvalue weighted by Gasteiger charge is -2.11. The van der Waals surface area contributed by atoms with Crippen LogP contribution in [-0.2, 0) is 11.3 Å². The highest BCUT2D eigenvalue weighted by molar-refractivity contribution is 5.94. The SMILES string of the molecule is CCOC(=O)c1n[nH]nc1-c1ccccc1COc1ccccc1F. The van der Waals surface area contributed by atoms with Gasteiger partial charge in [-0.25, -0.2) is 9.18 Å². The third-order valence-electron chi connectivity index (χ3n) is 3.51. The third kappa shape index (κ3) is 3.65. The van der Waals surface area contributed by atoms with E-state index < -0.39 is 11.8 Å². The number of halogens is 1. The van der Waals surface area contributed by atoms with Crippen molar-refractivity contribution in [2.24, 2.45) is 0 Å². The van der Waals surface area contributed by atoms with Crippen LogP contribution < -0.4 is 4.74 Å². The number of carbonyl (C=O) groups excluding carboxylic acids is 1. The van der Waals surface area contributed by atoms with Crippen molar-refractivity contribution in [1.29, 1.82) is 0 Å². The maximum Gasteiger partial charge on any atom is 0.361 e. The Morgan fingerprint density at radius 3 is 2.68 bits per heavy atom. The number of nitrogens with zero attached hydrogens (tertiary/aromatic N) is 2. The first-order chi connectivity index (χ1) is 12.2. The molecular formula is C18H16FN3O3. The summed E-state index contributed by atoms with van der Waals surface area (Å²) in [5.41, 5.74) is 1.87. The van der Waals surface area contributed by atoms with Crippen molar-refractivity contribution in [2.45, 2.75) is 13.5 Å². The minimum atomic E-state index is -0.559. The lowest BCUT2D eigenvalue weighted by molar-refractivity contribution is 0.0520. The van der Waals surface area contributed by atoms with Crippen LogP contribution >= 0.6 is 0 Å². The summed E-state index contributed by atoms with van der Waals surface area (Å²) in [6, 6.07) is 13.4. The van der Waals surface area contributed by atoms with Crippen molar-refractivity contribution in [3.8, 4) is 17.0 Å². The van der Waals surface area contributed by atoms with Crippen molar-refractivity contribution in [3.05, 3.63) is 65.6 Å². The summed E-state index contributed by atoms with van der Waals surface area (Å²) in [7, 11) is 0. The average Bonchev–Trinajstić information content (AvgIpc) is 3.11. The average molecular weight is 341 g/mol. The first kappa shape index (κ1) is 16.6. The summed E-state index contributed by atoms with van der Waals surface area (Å²) in [4.78, 5) is 12.0. The van der Waals surface area contributed by atoms with Crippen LogP contribution in [0, 0.1) is 5.82 Å². The highest BCUT2D eigenvalue weighted by Crippen LogP contribution is 2.26. The summed E-state index contributed by atoms with van der Waals surface area (Å²) < 4.78 is 24.3. The highest BCUT2D eigenvalue weighted by atomic mass is 19.1. The van der Waals surface area contributed by atoms with Gasteiger partial charge in [0.25, 0.3) is 0 Å². The van der Waals surface area contributed by atoms with E-state index >= 15 is 0 Å². The molecule has 3 aromatic rings. The molecule has 0 spiro atoms. The molecule has 0 amide bonds. The van der Waals surface area contributed by atoms with Gasteiger partial charge in [0.1, 0.15) is 12.3 Å². The maximum atomic E-state index is 13.7. The standard InChI is InChI=1S/C18H16FN3O3/c1-2-24-18(23)17-16(20-22-21-17)13-8-4-3-7-12(13)11-25-15-10-6-5-9-14(15)19/h3-10H,2,11H2,1H3,(H,20,21,22). The Kier molecular flexibility index (Phi) is 5.03. The Morgan fingerprint density at radius 1 is 1.12 bits per heavy atom. The van der Waals surface area contributed by atoms with Gasteiger partial charge in [0, 0.05) is 5.56 Å². The van der Waals surface area contributed by atoms with Crippen molar-refractivity contribution >= 4 is 5.97 Å². The monoisotopic (exact) mass is 341 g/mol. The molecule has 0 radical (unpaired) electrons. The second-order valence-corrected chi connectivity index (χ2v) is 5.12. The minimum absolute atomic E-state index is 0.0974. The molecule has 0 atom stereocenters. The van der Waals surface area contributed by atoms with Crippen LogP contribution in [0.4, 0.5) is 4.39 Å². The van der Waals surface area contributed by atoms with Crippen molar-refractivity contribution in [3.63, 3.8) is 0 Å². The van der Waals surface area contributed by atoms with Crippen LogP contribution in [0.15, 0.2) is 48.5 Å². The zero-order valence-corrected chi connectivity index (χ0v) is 13.5. The van der Waals surface area contributed by atoms with E-state index in [1.807, 2.05) is 18.2 Å². The number of para-hydroxylation sites is 1. The third-order valence-corrected chi connectivity index (χ3v) is 3.51. The number of rotatable bonds is 6. The van der Waals surface area contributed by atoms with E-state index in [2.05, 4.69) is 15.4 Å². The molecule has 1 N–H and O–H groups in total. The van der Waals surface area contributed by atoms with Crippen LogP contribution in [0.5, 0.6) is 5.75 Å². The Labute approximate surface area is 143 Å². The normalized spacial score (nSPS) is 10.5. The van der Waals surface area contributed by atoms with Crippen LogP contribution in [0.25, 0.3) is 11.3 Å². The molecule has 3 rings (SSSR count). The number of nitrogens with one attached hydrogen (secondary N) is 1. The predicted molar refractivity (Wildman–Crippen MR) is 88.5 cm³/mol. The molecule has 1 heterocycles. The number of benzene rings is 2. The minimum Gasteiger partial charge on any atom is -0.486 e. The first-order valence-electron chi connectivity index (χ1n) is 7.74. The van der Waals surface area contributed by atoms with Gasteiger partial charge in [-0.3, -0.25) is 0 Å². The fraction of sp³-hybridized carbons (Fsp3) is 0.167. The lowest BCUT2D eigenvalue weighted by atomic mass is 10.0. The van der Waals surface area contributed by atoms with Gasteiger partial charge >= 0.3 is 5.97 Å². The Hall–Kier alpha value is -3.22. The predicted octanol–water partition coefficient (Wildman–Crippen LogP) is 3.37. The molecule has 0 bridgehead atoms. The van der Waals surface area contributed by atoms with Gasteiger partial charge in [-0.05, 0) is 24.6 Å². The largest absolute Gasteiger partial charge is 0.486 e. The van der Waals surface area contributed by atoms with E-state index in [1.165, 1.54) is 6.07 Å². The number of hydrogen-bond donors (Lipinski definition) is 1. The summed E-state index contributed by atoms with van der Waals surface area (Å²) in [6.45, 7) is 2.07. The van der Waals surface area contributed by atoms with E-state index in [0.717, 1.165) is 5.56 Å². The number of ether oxygens (including phenoxy) is 2. The molecule has 6 nitrogen and oxygen atoms in total. The summed E-state index contributed by atoms with van der Waals surface area (Å²) in [6.07, 6.45) is 0. The van der Waals surface area contributed by atoms with Crippen molar-refractivity contribution in [1.82, 2.24) is 15.4 Å². The topological polar surface area (TPSA) is 77.1 Å². The van der Waals surface area contributed by atoms with Gasteiger partial charge in [-0.2, -0.15) is 10.3 Å². The fourth-order valence-corrected chi connectivity index (χ4v) is 2.35. The quantitative estimate of drug-likeness (QED) is 0.696. The molecule has 0 saturated heterocycles.